The highest BCUT2D eigenvalue weighted by molar-refractivity contribution is 6.03. The van der Waals surface area contributed by atoms with Crippen LogP contribution in [0.25, 0.3) is 11.4 Å². The van der Waals surface area contributed by atoms with Gasteiger partial charge in [-0.3, -0.25) is 0 Å². The topological polar surface area (TPSA) is 105 Å². The first-order valence-electron chi connectivity index (χ1n) is 10.5. The number of hydrogen-bond acceptors (Lipinski definition) is 6. The molecule has 3 aromatic rings. The lowest BCUT2D eigenvalue weighted by Crippen LogP contribution is -2.44. The Hall–Kier alpha value is -3.66. The molecule has 0 aliphatic carbocycles. The van der Waals surface area contributed by atoms with Crippen molar-refractivity contribution < 1.29 is 13.2 Å². The Bertz CT molecular complexity index is 1180. The number of aliphatic imine (C=N–C) groups is 1. The van der Waals surface area contributed by atoms with Gasteiger partial charge in [0.05, 0.1) is 5.56 Å². The van der Waals surface area contributed by atoms with Crippen LogP contribution in [0, 0.1) is 6.92 Å². The van der Waals surface area contributed by atoms with E-state index in [0.29, 0.717) is 35.7 Å². The Morgan fingerprint density at radius 1 is 1.03 bits per heavy atom. The first kappa shape index (κ1) is 22.5. The van der Waals surface area contributed by atoms with Gasteiger partial charge in [-0.15, -0.1) is 0 Å². The van der Waals surface area contributed by atoms with Gasteiger partial charge in [0.2, 0.25) is 0 Å². The SMILES string of the molecule is Cc1c(N=C(N)c2ccccc2N)nc(-c2ccccc2C(F)(F)F)nc1N1CCNCC1. The van der Waals surface area contributed by atoms with Crippen LogP contribution < -0.4 is 21.7 Å². The minimum atomic E-state index is -4.55. The van der Waals surface area contributed by atoms with E-state index in [1.807, 2.05) is 4.90 Å². The highest BCUT2D eigenvalue weighted by Crippen LogP contribution is 2.38. The quantitative estimate of drug-likeness (QED) is 0.316. The number of nitrogens with one attached hydrogen (secondary N) is 1. The van der Waals surface area contributed by atoms with E-state index in [-0.39, 0.29) is 23.0 Å². The summed E-state index contributed by atoms with van der Waals surface area (Å²) in [6, 6.07) is 12.2. The molecule has 1 fully saturated rings. The van der Waals surface area contributed by atoms with Crippen LogP contribution in [-0.4, -0.2) is 42.0 Å². The zero-order valence-corrected chi connectivity index (χ0v) is 18.0. The number of rotatable bonds is 4. The molecule has 0 saturated carbocycles. The number of nitrogen functional groups attached to an aromatic ring is 1. The lowest BCUT2D eigenvalue weighted by atomic mass is 10.1. The van der Waals surface area contributed by atoms with E-state index < -0.39 is 11.7 Å². The van der Waals surface area contributed by atoms with Crippen LogP contribution in [0.5, 0.6) is 0 Å². The smallest absolute Gasteiger partial charge is 0.398 e. The Labute approximate surface area is 189 Å². The van der Waals surface area contributed by atoms with Crippen LogP contribution in [0.15, 0.2) is 53.5 Å². The van der Waals surface area contributed by atoms with Crippen LogP contribution in [0.2, 0.25) is 0 Å². The zero-order valence-electron chi connectivity index (χ0n) is 18.0. The Morgan fingerprint density at radius 2 is 1.70 bits per heavy atom. The first-order valence-corrected chi connectivity index (χ1v) is 10.5. The molecule has 7 nitrogen and oxygen atoms in total. The van der Waals surface area contributed by atoms with E-state index in [1.165, 1.54) is 18.2 Å². The number of benzene rings is 2. The number of amidine groups is 1. The second kappa shape index (κ2) is 9.07. The van der Waals surface area contributed by atoms with Gasteiger partial charge in [0.1, 0.15) is 11.7 Å². The predicted molar refractivity (Wildman–Crippen MR) is 124 cm³/mol. The normalized spacial score (nSPS) is 15.0. The number of hydrogen-bond donors (Lipinski definition) is 3. The second-order valence-corrected chi connectivity index (χ2v) is 7.68. The van der Waals surface area contributed by atoms with Crippen LogP contribution in [0.4, 0.5) is 30.5 Å². The van der Waals surface area contributed by atoms with E-state index in [9.17, 15) is 13.2 Å². The fraction of sp³-hybridized carbons (Fsp3) is 0.261. The molecular formula is C23H24F3N7. The Balaban J connectivity index is 1.91. The molecule has 10 heteroatoms. The average molecular weight is 455 g/mol. The van der Waals surface area contributed by atoms with Gasteiger partial charge < -0.3 is 21.7 Å². The standard InChI is InChI=1S/C23H24F3N7/c1-14-20(30-19(28)16-7-3-5-9-18(16)27)31-21(32-22(14)33-12-10-29-11-13-33)15-6-2-4-8-17(15)23(24,25)26/h2-9,29H,10-13,27H2,1H3,(H2,28,30,31,32). The molecule has 0 unspecified atom stereocenters. The van der Waals surface area contributed by atoms with E-state index in [4.69, 9.17) is 11.5 Å². The van der Waals surface area contributed by atoms with Gasteiger partial charge in [-0.2, -0.15) is 13.2 Å². The van der Waals surface area contributed by atoms with E-state index in [1.54, 1.807) is 31.2 Å². The number of anilines is 2. The van der Waals surface area contributed by atoms with Crippen LogP contribution in [-0.2, 0) is 6.18 Å². The third kappa shape index (κ3) is 4.75. The molecule has 0 amide bonds. The van der Waals surface area contributed by atoms with Gasteiger partial charge in [-0.05, 0) is 25.1 Å². The minimum absolute atomic E-state index is 0.0605. The van der Waals surface area contributed by atoms with Crippen LogP contribution >= 0.6 is 0 Å². The number of piperazine rings is 1. The number of alkyl halides is 3. The molecule has 1 aliphatic heterocycles. The summed E-state index contributed by atoms with van der Waals surface area (Å²) in [5.74, 6) is 0.795. The highest BCUT2D eigenvalue weighted by Gasteiger charge is 2.34. The molecule has 0 atom stereocenters. The molecule has 2 heterocycles. The van der Waals surface area contributed by atoms with Crippen molar-refractivity contribution in [2.45, 2.75) is 13.1 Å². The first-order chi connectivity index (χ1) is 15.8. The van der Waals surface area contributed by atoms with Crippen molar-refractivity contribution >= 4 is 23.2 Å². The third-order valence-corrected chi connectivity index (χ3v) is 5.45. The average Bonchev–Trinajstić information content (AvgIpc) is 2.80. The van der Waals surface area contributed by atoms with Gasteiger partial charge in [0.15, 0.2) is 11.6 Å². The molecule has 0 bridgehead atoms. The molecule has 4 rings (SSSR count). The van der Waals surface area contributed by atoms with Crippen molar-refractivity contribution in [3.63, 3.8) is 0 Å². The number of halogens is 3. The van der Waals surface area contributed by atoms with Crippen molar-refractivity contribution in [2.75, 3.05) is 36.8 Å². The summed E-state index contributed by atoms with van der Waals surface area (Å²) in [6.45, 7) is 4.57. The molecule has 1 aromatic heterocycles. The van der Waals surface area contributed by atoms with Crippen molar-refractivity contribution in [3.8, 4) is 11.4 Å². The monoisotopic (exact) mass is 455 g/mol. The van der Waals surface area contributed by atoms with E-state index in [0.717, 1.165) is 19.2 Å². The molecule has 1 aliphatic rings. The summed E-state index contributed by atoms with van der Waals surface area (Å²) >= 11 is 0. The van der Waals surface area contributed by atoms with Crippen molar-refractivity contribution in [1.82, 2.24) is 15.3 Å². The fourth-order valence-electron chi connectivity index (χ4n) is 3.74. The minimum Gasteiger partial charge on any atom is -0.398 e. The summed E-state index contributed by atoms with van der Waals surface area (Å²) in [4.78, 5) is 15.4. The highest BCUT2D eigenvalue weighted by atomic mass is 19.4. The summed E-state index contributed by atoms with van der Waals surface area (Å²) in [5.41, 5.74) is 12.9. The molecule has 0 radical (unpaired) electrons. The largest absolute Gasteiger partial charge is 0.417 e. The van der Waals surface area contributed by atoms with Gasteiger partial charge >= 0.3 is 6.18 Å². The molecule has 1 saturated heterocycles. The Morgan fingerprint density at radius 3 is 2.39 bits per heavy atom. The van der Waals surface area contributed by atoms with Gasteiger partial charge in [-0.1, -0.05) is 30.3 Å². The summed E-state index contributed by atoms with van der Waals surface area (Å²) in [7, 11) is 0. The summed E-state index contributed by atoms with van der Waals surface area (Å²) in [5, 5.41) is 3.26. The van der Waals surface area contributed by atoms with E-state index in [2.05, 4.69) is 20.3 Å². The number of para-hydroxylation sites is 1. The third-order valence-electron chi connectivity index (χ3n) is 5.45. The number of aromatic nitrogens is 2. The molecule has 172 valence electrons. The second-order valence-electron chi connectivity index (χ2n) is 7.68. The molecule has 0 spiro atoms. The fourth-order valence-corrected chi connectivity index (χ4v) is 3.74. The van der Waals surface area contributed by atoms with E-state index >= 15 is 0 Å². The maximum atomic E-state index is 13.7. The maximum absolute atomic E-state index is 13.7. The summed E-state index contributed by atoms with van der Waals surface area (Å²) < 4.78 is 41.1. The number of nitrogens with zero attached hydrogens (tertiary/aromatic N) is 4. The summed E-state index contributed by atoms with van der Waals surface area (Å²) in [6.07, 6.45) is -4.55. The zero-order chi connectivity index (χ0) is 23.6. The Kier molecular flexibility index (Phi) is 6.19. The predicted octanol–water partition coefficient (Wildman–Crippen LogP) is 3.50. The van der Waals surface area contributed by atoms with Crippen molar-refractivity contribution in [2.24, 2.45) is 10.7 Å². The number of nitrogens with two attached hydrogens (primary N) is 2. The van der Waals surface area contributed by atoms with Gasteiger partial charge in [0.25, 0.3) is 0 Å². The molecule has 5 N–H and O–H groups in total. The maximum Gasteiger partial charge on any atom is 0.417 e. The lowest BCUT2D eigenvalue weighted by Gasteiger charge is -2.30. The van der Waals surface area contributed by atoms with Crippen LogP contribution in [0.1, 0.15) is 16.7 Å². The van der Waals surface area contributed by atoms with Gasteiger partial charge in [-0.25, -0.2) is 15.0 Å². The molecular weight excluding hydrogens is 431 g/mol. The van der Waals surface area contributed by atoms with Crippen LogP contribution in [0.3, 0.4) is 0 Å². The van der Waals surface area contributed by atoms with Gasteiger partial charge in [0, 0.05) is 48.6 Å². The van der Waals surface area contributed by atoms with Crippen molar-refractivity contribution in [3.05, 3.63) is 65.2 Å². The van der Waals surface area contributed by atoms with Crippen molar-refractivity contribution in [1.29, 1.82) is 0 Å². The molecule has 2 aromatic carbocycles. The lowest BCUT2D eigenvalue weighted by molar-refractivity contribution is -0.137. The molecule has 33 heavy (non-hydrogen) atoms.